The number of aromatic carboxylic acids is 1. The van der Waals surface area contributed by atoms with Gasteiger partial charge in [0.05, 0.1) is 11.3 Å². The fourth-order valence-electron chi connectivity index (χ4n) is 3.22. The molecule has 0 atom stereocenters. The molecule has 0 bridgehead atoms. The van der Waals surface area contributed by atoms with Crippen LogP contribution in [-0.2, 0) is 0 Å². The van der Waals surface area contributed by atoms with Crippen LogP contribution in [0, 0.1) is 13.8 Å². The maximum Gasteiger partial charge on any atom is 0.338 e. The number of benzene rings is 2. The Bertz CT molecular complexity index is 1110. The number of carbonyl (C=O) groups is 1. The maximum atomic E-state index is 12.0. The van der Waals surface area contributed by atoms with Crippen LogP contribution in [0.2, 0.25) is 0 Å². The van der Waals surface area contributed by atoms with Crippen molar-refractivity contribution in [2.24, 2.45) is 0 Å². The quantitative estimate of drug-likeness (QED) is 0.598. The van der Waals surface area contributed by atoms with E-state index in [0.29, 0.717) is 22.4 Å². The molecule has 0 aliphatic carbocycles. The van der Waals surface area contributed by atoms with Gasteiger partial charge in [-0.25, -0.2) is 14.8 Å². The van der Waals surface area contributed by atoms with E-state index in [2.05, 4.69) is 9.97 Å². The van der Waals surface area contributed by atoms with Gasteiger partial charge in [0.1, 0.15) is 11.8 Å². The highest BCUT2D eigenvalue weighted by molar-refractivity contribution is 6.05. The van der Waals surface area contributed by atoms with Gasteiger partial charge in [0.25, 0.3) is 0 Å². The van der Waals surface area contributed by atoms with Crippen LogP contribution in [-0.4, -0.2) is 25.6 Å². The number of hydrogen-bond donors (Lipinski definition) is 1. The minimum Gasteiger partial charge on any atom is -0.478 e. The second-order valence-corrected chi connectivity index (χ2v) is 6.24. The molecule has 128 valence electrons. The third-order valence-corrected chi connectivity index (χ3v) is 4.46. The van der Waals surface area contributed by atoms with Crippen molar-refractivity contribution in [3.63, 3.8) is 0 Å². The fraction of sp³-hybridized carbons (Fsp3) is 0.0952. The summed E-state index contributed by atoms with van der Waals surface area (Å²) in [5.74, 6) is -0.993. The van der Waals surface area contributed by atoms with Crippen molar-refractivity contribution in [1.82, 2.24) is 14.5 Å². The molecule has 2 aromatic carbocycles. The molecular formula is C21H17N3O2. The summed E-state index contributed by atoms with van der Waals surface area (Å²) in [4.78, 5) is 20.9. The zero-order valence-electron chi connectivity index (χ0n) is 14.5. The lowest BCUT2D eigenvalue weighted by Gasteiger charge is -2.13. The summed E-state index contributed by atoms with van der Waals surface area (Å²) in [7, 11) is 0. The Hall–Kier alpha value is -3.47. The van der Waals surface area contributed by atoms with Crippen molar-refractivity contribution < 1.29 is 9.90 Å². The Kier molecular flexibility index (Phi) is 3.77. The number of imidazole rings is 1. The van der Waals surface area contributed by atoms with Crippen LogP contribution in [0.25, 0.3) is 28.0 Å². The predicted octanol–water partition coefficient (Wildman–Crippen LogP) is 4.40. The molecule has 4 rings (SSSR count). The van der Waals surface area contributed by atoms with Crippen molar-refractivity contribution in [3.05, 3.63) is 77.7 Å². The maximum absolute atomic E-state index is 12.0. The lowest BCUT2D eigenvalue weighted by Crippen LogP contribution is -2.07. The number of carboxylic acid groups (broad SMARTS) is 1. The molecule has 0 unspecified atom stereocenters. The van der Waals surface area contributed by atoms with Gasteiger partial charge >= 0.3 is 5.97 Å². The third-order valence-electron chi connectivity index (χ3n) is 4.46. The summed E-state index contributed by atoms with van der Waals surface area (Å²) >= 11 is 0. The number of carboxylic acids is 1. The standard InChI is InChI=1S/C21H17N3O2/c1-13-8-10-16(11-9-13)24-12-22-20-19(24)18(15-6-4-3-5-7-15)17(21(25)26)14(2)23-20/h3-12H,1-2H3,(H,25,26). The lowest BCUT2D eigenvalue weighted by atomic mass is 9.98. The minimum absolute atomic E-state index is 0.206. The Morgan fingerprint density at radius 1 is 1.00 bits per heavy atom. The van der Waals surface area contributed by atoms with Gasteiger partial charge in [0, 0.05) is 11.3 Å². The first-order valence-corrected chi connectivity index (χ1v) is 8.29. The van der Waals surface area contributed by atoms with Gasteiger partial charge in [0.2, 0.25) is 0 Å². The Morgan fingerprint density at radius 3 is 2.35 bits per heavy atom. The number of hydrogen-bond acceptors (Lipinski definition) is 3. The summed E-state index contributed by atoms with van der Waals surface area (Å²) in [6.45, 7) is 3.73. The van der Waals surface area contributed by atoms with Crippen LogP contribution in [0.3, 0.4) is 0 Å². The lowest BCUT2D eigenvalue weighted by molar-refractivity contribution is 0.0696. The smallest absolute Gasteiger partial charge is 0.338 e. The first kappa shape index (κ1) is 16.0. The summed E-state index contributed by atoms with van der Waals surface area (Å²) in [6, 6.07) is 17.5. The summed E-state index contributed by atoms with van der Waals surface area (Å²) < 4.78 is 1.90. The molecular weight excluding hydrogens is 326 g/mol. The average Bonchev–Trinajstić information content (AvgIpc) is 3.05. The molecule has 0 radical (unpaired) electrons. The highest BCUT2D eigenvalue weighted by Gasteiger charge is 2.23. The van der Waals surface area contributed by atoms with Crippen molar-refractivity contribution in [3.8, 4) is 16.8 Å². The van der Waals surface area contributed by atoms with Crippen molar-refractivity contribution >= 4 is 17.1 Å². The average molecular weight is 343 g/mol. The van der Waals surface area contributed by atoms with Crippen molar-refractivity contribution in [2.45, 2.75) is 13.8 Å². The molecule has 5 nitrogen and oxygen atoms in total. The van der Waals surface area contributed by atoms with Gasteiger partial charge < -0.3 is 5.11 Å². The molecule has 0 aliphatic rings. The number of fused-ring (bicyclic) bond motifs is 1. The summed E-state index contributed by atoms with van der Waals surface area (Å²) in [5, 5.41) is 9.83. The van der Waals surface area contributed by atoms with Crippen molar-refractivity contribution in [1.29, 1.82) is 0 Å². The highest BCUT2D eigenvalue weighted by Crippen LogP contribution is 2.34. The largest absolute Gasteiger partial charge is 0.478 e. The summed E-state index contributed by atoms with van der Waals surface area (Å²) in [6.07, 6.45) is 1.69. The van der Waals surface area contributed by atoms with E-state index in [-0.39, 0.29) is 5.56 Å². The number of nitrogens with zero attached hydrogens (tertiary/aromatic N) is 3. The van der Waals surface area contributed by atoms with Crippen LogP contribution in [0.4, 0.5) is 0 Å². The van der Waals surface area contributed by atoms with Gasteiger partial charge in [0.15, 0.2) is 5.65 Å². The van der Waals surface area contributed by atoms with Crippen LogP contribution >= 0.6 is 0 Å². The van der Waals surface area contributed by atoms with E-state index in [1.165, 1.54) is 0 Å². The van der Waals surface area contributed by atoms with E-state index in [1.807, 2.05) is 66.1 Å². The second-order valence-electron chi connectivity index (χ2n) is 6.24. The van der Waals surface area contributed by atoms with Gasteiger partial charge in [-0.1, -0.05) is 48.0 Å². The van der Waals surface area contributed by atoms with Crippen molar-refractivity contribution in [2.75, 3.05) is 0 Å². The number of rotatable bonds is 3. The minimum atomic E-state index is -0.993. The van der Waals surface area contributed by atoms with Crippen LogP contribution in [0.15, 0.2) is 60.9 Å². The Morgan fingerprint density at radius 2 is 1.69 bits per heavy atom. The normalized spacial score (nSPS) is 11.0. The molecule has 4 aromatic rings. The molecule has 0 saturated heterocycles. The first-order valence-electron chi connectivity index (χ1n) is 8.29. The highest BCUT2D eigenvalue weighted by atomic mass is 16.4. The third kappa shape index (κ3) is 2.54. The number of aryl methyl sites for hydroxylation is 2. The van der Waals surface area contributed by atoms with Gasteiger partial charge in [-0.15, -0.1) is 0 Å². The molecule has 0 aliphatic heterocycles. The topological polar surface area (TPSA) is 68.0 Å². The van der Waals surface area contributed by atoms with E-state index in [0.717, 1.165) is 16.8 Å². The van der Waals surface area contributed by atoms with Gasteiger partial charge in [-0.05, 0) is 31.5 Å². The molecule has 2 aromatic heterocycles. The first-order chi connectivity index (χ1) is 12.6. The van der Waals surface area contributed by atoms with Gasteiger partial charge in [-0.3, -0.25) is 4.57 Å². The zero-order chi connectivity index (χ0) is 18.3. The molecule has 1 N–H and O–H groups in total. The van der Waals surface area contributed by atoms with Crippen LogP contribution in [0.5, 0.6) is 0 Å². The van der Waals surface area contributed by atoms with E-state index < -0.39 is 5.97 Å². The van der Waals surface area contributed by atoms with Crippen LogP contribution < -0.4 is 0 Å². The molecule has 5 heteroatoms. The molecule has 0 amide bonds. The van der Waals surface area contributed by atoms with Crippen LogP contribution in [0.1, 0.15) is 21.6 Å². The van der Waals surface area contributed by atoms with E-state index in [1.54, 1.807) is 13.3 Å². The second kappa shape index (κ2) is 6.11. The fourth-order valence-corrected chi connectivity index (χ4v) is 3.22. The molecule has 0 saturated carbocycles. The zero-order valence-corrected chi connectivity index (χ0v) is 14.5. The molecule has 26 heavy (non-hydrogen) atoms. The SMILES string of the molecule is Cc1ccc(-n2cnc3nc(C)c(C(=O)O)c(-c4ccccc4)c32)cc1. The number of aromatic nitrogens is 3. The summed E-state index contributed by atoms with van der Waals surface area (Å²) in [5.41, 5.74) is 5.43. The Balaban J connectivity index is 2.13. The predicted molar refractivity (Wildman–Crippen MR) is 101 cm³/mol. The van der Waals surface area contributed by atoms with E-state index >= 15 is 0 Å². The monoisotopic (exact) mass is 343 g/mol. The Labute approximate surface area is 150 Å². The number of pyridine rings is 1. The molecule has 0 fully saturated rings. The molecule has 2 heterocycles. The molecule has 0 spiro atoms. The van der Waals surface area contributed by atoms with E-state index in [4.69, 9.17) is 0 Å². The van der Waals surface area contributed by atoms with Gasteiger partial charge in [-0.2, -0.15) is 0 Å². The van der Waals surface area contributed by atoms with E-state index in [9.17, 15) is 9.90 Å².